The van der Waals surface area contributed by atoms with Gasteiger partial charge in [0.1, 0.15) is 5.75 Å². The van der Waals surface area contributed by atoms with E-state index in [-0.39, 0.29) is 11.5 Å². The van der Waals surface area contributed by atoms with Gasteiger partial charge in [-0.25, -0.2) is 0 Å². The molecule has 0 fully saturated rings. The molecule has 0 spiro atoms. The summed E-state index contributed by atoms with van der Waals surface area (Å²) in [6.07, 6.45) is 1.02. The van der Waals surface area contributed by atoms with E-state index in [1.54, 1.807) is 0 Å². The first-order chi connectivity index (χ1) is 10.1. The minimum atomic E-state index is -0.118. The summed E-state index contributed by atoms with van der Waals surface area (Å²) in [7, 11) is 0. The van der Waals surface area contributed by atoms with Crippen molar-refractivity contribution in [2.75, 3.05) is 6.61 Å². The lowest BCUT2D eigenvalue weighted by atomic mass is 9.75. The van der Waals surface area contributed by atoms with Crippen LogP contribution in [0.4, 0.5) is 0 Å². The molecule has 2 rings (SSSR count). The van der Waals surface area contributed by atoms with Gasteiger partial charge in [-0.15, -0.1) is 0 Å². The van der Waals surface area contributed by atoms with E-state index in [0.29, 0.717) is 0 Å². The van der Waals surface area contributed by atoms with Crippen molar-refractivity contribution >= 4 is 0 Å². The van der Waals surface area contributed by atoms with Gasteiger partial charge in [-0.05, 0) is 29.7 Å². The second kappa shape index (κ2) is 6.77. The molecule has 1 atom stereocenters. The van der Waals surface area contributed by atoms with Crippen molar-refractivity contribution in [3.63, 3.8) is 0 Å². The Morgan fingerprint density at radius 3 is 2.19 bits per heavy atom. The van der Waals surface area contributed by atoms with Gasteiger partial charge in [-0.1, -0.05) is 63.2 Å². The molecule has 0 aromatic heterocycles. The van der Waals surface area contributed by atoms with Gasteiger partial charge >= 0.3 is 0 Å². The molecule has 0 bridgehead atoms. The molecule has 1 unspecified atom stereocenters. The Labute approximate surface area is 127 Å². The number of rotatable bonds is 6. The zero-order valence-corrected chi connectivity index (χ0v) is 13.2. The summed E-state index contributed by atoms with van der Waals surface area (Å²) in [6.45, 7) is 7.23. The first-order valence-electron chi connectivity index (χ1n) is 7.59. The van der Waals surface area contributed by atoms with Crippen LogP contribution >= 0.6 is 0 Å². The molecule has 2 nitrogen and oxygen atoms in total. The third-order valence-electron chi connectivity index (χ3n) is 4.01. The Hall–Kier alpha value is -1.80. The van der Waals surface area contributed by atoms with Gasteiger partial charge in [0.2, 0.25) is 0 Å². The van der Waals surface area contributed by atoms with Gasteiger partial charge in [0.15, 0.2) is 0 Å². The second-order valence-electron chi connectivity index (χ2n) is 5.98. The Balaban J connectivity index is 2.17. The van der Waals surface area contributed by atoms with Crippen LogP contribution in [0.2, 0.25) is 0 Å². The van der Waals surface area contributed by atoms with Gasteiger partial charge in [-0.2, -0.15) is 0 Å². The van der Waals surface area contributed by atoms with Crippen LogP contribution in [0.3, 0.4) is 0 Å². The van der Waals surface area contributed by atoms with Gasteiger partial charge in [0, 0.05) is 11.5 Å². The number of nitrogens with two attached hydrogens (primary N) is 1. The maximum atomic E-state index is 6.51. The van der Waals surface area contributed by atoms with Gasteiger partial charge in [0.25, 0.3) is 0 Å². The lowest BCUT2D eigenvalue weighted by Crippen LogP contribution is -2.33. The predicted octanol–water partition coefficient (Wildman–Crippen LogP) is 4.45. The van der Waals surface area contributed by atoms with Crippen molar-refractivity contribution < 1.29 is 4.74 Å². The molecule has 2 heteroatoms. The van der Waals surface area contributed by atoms with Crippen molar-refractivity contribution in [3.05, 3.63) is 65.7 Å². The Morgan fingerprint density at radius 1 is 1.00 bits per heavy atom. The van der Waals surface area contributed by atoms with Crippen molar-refractivity contribution in [2.45, 2.75) is 38.6 Å². The van der Waals surface area contributed by atoms with Crippen LogP contribution in [-0.2, 0) is 5.41 Å². The summed E-state index contributed by atoms with van der Waals surface area (Å²) in [4.78, 5) is 0. The molecule has 112 valence electrons. The molecule has 0 aliphatic carbocycles. The normalized spacial score (nSPS) is 13.0. The van der Waals surface area contributed by atoms with E-state index in [4.69, 9.17) is 10.5 Å². The maximum Gasteiger partial charge on any atom is 0.119 e. The molecule has 0 aliphatic heterocycles. The average molecular weight is 283 g/mol. The minimum absolute atomic E-state index is 0.0554. The maximum absolute atomic E-state index is 6.51. The van der Waals surface area contributed by atoms with E-state index in [9.17, 15) is 0 Å². The van der Waals surface area contributed by atoms with Crippen LogP contribution in [0.1, 0.15) is 44.4 Å². The summed E-state index contributed by atoms with van der Waals surface area (Å²) < 4.78 is 5.62. The lowest BCUT2D eigenvalue weighted by molar-refractivity contribution is 0.317. The summed E-state index contributed by atoms with van der Waals surface area (Å²) >= 11 is 0. The number of benzene rings is 2. The quantitative estimate of drug-likeness (QED) is 0.850. The molecule has 0 amide bonds. The summed E-state index contributed by atoms with van der Waals surface area (Å²) in [5, 5.41) is 0. The highest BCUT2D eigenvalue weighted by Gasteiger charge is 2.29. The first-order valence-corrected chi connectivity index (χ1v) is 7.59. The van der Waals surface area contributed by atoms with Gasteiger partial charge < -0.3 is 10.5 Å². The highest BCUT2D eigenvalue weighted by Crippen LogP contribution is 2.35. The van der Waals surface area contributed by atoms with E-state index in [0.717, 1.165) is 24.3 Å². The first kappa shape index (κ1) is 15.6. The minimum Gasteiger partial charge on any atom is -0.494 e. The standard InChI is InChI=1S/C19H25NO/c1-4-14-21-17-12-10-15(11-13-17)18(20)19(2,3)16-8-6-5-7-9-16/h5-13,18H,4,14,20H2,1-3H3. The second-order valence-corrected chi connectivity index (χ2v) is 5.98. The topological polar surface area (TPSA) is 35.2 Å². The fourth-order valence-corrected chi connectivity index (χ4v) is 2.46. The Morgan fingerprint density at radius 2 is 1.62 bits per heavy atom. The number of hydrogen-bond donors (Lipinski definition) is 1. The summed E-state index contributed by atoms with van der Waals surface area (Å²) in [5.41, 5.74) is 8.78. The SMILES string of the molecule is CCCOc1ccc(C(N)C(C)(C)c2ccccc2)cc1. The lowest BCUT2D eigenvalue weighted by Gasteiger charge is -2.32. The van der Waals surface area contributed by atoms with E-state index >= 15 is 0 Å². The number of hydrogen-bond acceptors (Lipinski definition) is 2. The van der Waals surface area contributed by atoms with Crippen molar-refractivity contribution in [1.82, 2.24) is 0 Å². The Bertz CT molecular complexity index is 546. The average Bonchev–Trinajstić information content (AvgIpc) is 2.53. The molecule has 2 N–H and O–H groups in total. The monoisotopic (exact) mass is 283 g/mol. The smallest absolute Gasteiger partial charge is 0.119 e. The third kappa shape index (κ3) is 3.64. The fraction of sp³-hybridized carbons (Fsp3) is 0.368. The predicted molar refractivity (Wildman–Crippen MR) is 88.6 cm³/mol. The van der Waals surface area contributed by atoms with E-state index in [1.165, 1.54) is 5.56 Å². The van der Waals surface area contributed by atoms with Crippen LogP contribution in [0.25, 0.3) is 0 Å². The van der Waals surface area contributed by atoms with Crippen LogP contribution in [0, 0.1) is 0 Å². The van der Waals surface area contributed by atoms with E-state index < -0.39 is 0 Å². The molecular weight excluding hydrogens is 258 g/mol. The fourth-order valence-electron chi connectivity index (χ4n) is 2.46. The zero-order chi connectivity index (χ0) is 15.3. The van der Waals surface area contributed by atoms with E-state index in [1.807, 2.05) is 18.2 Å². The van der Waals surface area contributed by atoms with Crippen molar-refractivity contribution in [3.8, 4) is 5.75 Å². The summed E-state index contributed by atoms with van der Waals surface area (Å²) in [6, 6.07) is 18.5. The molecular formula is C19H25NO. The van der Waals surface area contributed by atoms with Crippen molar-refractivity contribution in [1.29, 1.82) is 0 Å². The number of ether oxygens (including phenoxy) is 1. The Kier molecular flexibility index (Phi) is 5.03. The molecule has 2 aromatic rings. The highest BCUT2D eigenvalue weighted by molar-refractivity contribution is 5.34. The zero-order valence-electron chi connectivity index (χ0n) is 13.2. The molecule has 2 aromatic carbocycles. The largest absolute Gasteiger partial charge is 0.494 e. The summed E-state index contributed by atoms with van der Waals surface area (Å²) in [5.74, 6) is 0.908. The third-order valence-corrected chi connectivity index (χ3v) is 4.01. The van der Waals surface area contributed by atoms with Crippen LogP contribution in [-0.4, -0.2) is 6.61 Å². The molecule has 0 radical (unpaired) electrons. The van der Waals surface area contributed by atoms with E-state index in [2.05, 4.69) is 57.2 Å². The van der Waals surface area contributed by atoms with Crippen LogP contribution in [0.15, 0.2) is 54.6 Å². The van der Waals surface area contributed by atoms with Crippen LogP contribution < -0.4 is 10.5 Å². The highest BCUT2D eigenvalue weighted by atomic mass is 16.5. The molecule has 21 heavy (non-hydrogen) atoms. The van der Waals surface area contributed by atoms with Gasteiger partial charge in [0.05, 0.1) is 6.61 Å². The molecule has 0 saturated heterocycles. The van der Waals surface area contributed by atoms with Crippen LogP contribution in [0.5, 0.6) is 5.75 Å². The molecule has 0 heterocycles. The molecule has 0 saturated carbocycles. The van der Waals surface area contributed by atoms with Crippen molar-refractivity contribution in [2.24, 2.45) is 5.73 Å². The molecule has 0 aliphatic rings. The van der Waals surface area contributed by atoms with Gasteiger partial charge in [-0.3, -0.25) is 0 Å².